The molecule has 5 rings (SSSR count). The maximum atomic E-state index is 13.2. The van der Waals surface area contributed by atoms with Gasteiger partial charge in [-0.25, -0.2) is 4.98 Å². The SMILES string of the molecule is O=C(c1ccc2c(=O)n3c(nc2c1)CCCCCC3)N1CC[C@H]2CCCC[C@H]2C1. The van der Waals surface area contributed by atoms with Crippen LogP contribution in [0.2, 0.25) is 0 Å². The standard InChI is InChI=1S/C24H31N3O2/c28-23(26-14-12-17-7-4-5-8-19(17)16-26)18-10-11-20-21(15-18)25-22-9-3-1-2-6-13-27(22)24(20)29/h10-11,15,17,19H,1-9,12-14,16H2/t17-,19+/m1/s1. The summed E-state index contributed by atoms with van der Waals surface area (Å²) in [5.74, 6) is 2.47. The average Bonchev–Trinajstić information content (AvgIpc) is 2.74. The van der Waals surface area contributed by atoms with E-state index in [-0.39, 0.29) is 11.5 Å². The molecule has 2 aliphatic heterocycles. The normalized spacial score (nSPS) is 25.0. The number of carbonyl (C=O) groups excluding carboxylic acids is 1. The van der Waals surface area contributed by atoms with Gasteiger partial charge in [-0.15, -0.1) is 0 Å². The molecular formula is C24H31N3O2. The van der Waals surface area contributed by atoms with E-state index in [9.17, 15) is 9.59 Å². The zero-order valence-corrected chi connectivity index (χ0v) is 17.2. The van der Waals surface area contributed by atoms with Crippen LogP contribution in [0.3, 0.4) is 0 Å². The Morgan fingerprint density at radius 3 is 2.66 bits per heavy atom. The molecule has 2 aromatic rings. The quantitative estimate of drug-likeness (QED) is 0.731. The molecule has 1 saturated heterocycles. The molecule has 3 aliphatic rings. The number of amides is 1. The van der Waals surface area contributed by atoms with Crippen molar-refractivity contribution in [3.8, 4) is 0 Å². The lowest BCUT2D eigenvalue weighted by Gasteiger charge is -2.41. The second kappa shape index (κ2) is 7.92. The lowest BCUT2D eigenvalue weighted by atomic mass is 9.75. The third-order valence-corrected chi connectivity index (χ3v) is 7.39. The van der Waals surface area contributed by atoms with Crippen molar-refractivity contribution in [3.63, 3.8) is 0 Å². The van der Waals surface area contributed by atoms with Gasteiger partial charge in [0.2, 0.25) is 0 Å². The number of carbonyl (C=O) groups is 1. The summed E-state index contributed by atoms with van der Waals surface area (Å²) in [5, 5.41) is 0.636. The highest BCUT2D eigenvalue weighted by molar-refractivity contribution is 5.97. The molecule has 0 radical (unpaired) electrons. The Balaban J connectivity index is 1.44. The first-order valence-electron chi connectivity index (χ1n) is 11.5. The molecule has 1 aromatic heterocycles. The summed E-state index contributed by atoms with van der Waals surface area (Å²) in [6.07, 6.45) is 11.7. The molecule has 2 fully saturated rings. The zero-order valence-electron chi connectivity index (χ0n) is 17.2. The van der Waals surface area contributed by atoms with Crippen molar-refractivity contribution in [3.05, 3.63) is 39.9 Å². The van der Waals surface area contributed by atoms with Crippen LogP contribution in [0.5, 0.6) is 0 Å². The number of benzene rings is 1. The van der Waals surface area contributed by atoms with Crippen LogP contribution in [0.4, 0.5) is 0 Å². The number of piperidine rings is 1. The molecule has 5 heteroatoms. The number of hydrogen-bond donors (Lipinski definition) is 0. The van der Waals surface area contributed by atoms with Gasteiger partial charge in [0.25, 0.3) is 11.5 Å². The molecule has 29 heavy (non-hydrogen) atoms. The minimum atomic E-state index is 0.0499. The van der Waals surface area contributed by atoms with E-state index in [2.05, 4.69) is 0 Å². The molecule has 0 unspecified atom stereocenters. The second-order valence-corrected chi connectivity index (χ2v) is 9.23. The van der Waals surface area contributed by atoms with E-state index in [0.717, 1.165) is 57.1 Å². The molecule has 154 valence electrons. The van der Waals surface area contributed by atoms with Crippen LogP contribution >= 0.6 is 0 Å². The van der Waals surface area contributed by atoms with E-state index in [4.69, 9.17) is 4.98 Å². The molecule has 1 amide bonds. The third-order valence-electron chi connectivity index (χ3n) is 7.39. The summed E-state index contributed by atoms with van der Waals surface area (Å²) in [7, 11) is 0. The van der Waals surface area contributed by atoms with E-state index in [0.29, 0.717) is 22.4 Å². The number of aryl methyl sites for hydroxylation is 1. The number of aromatic nitrogens is 2. The number of hydrogen-bond acceptors (Lipinski definition) is 3. The van der Waals surface area contributed by atoms with Crippen LogP contribution in [0.15, 0.2) is 23.0 Å². The first kappa shape index (κ1) is 18.8. The van der Waals surface area contributed by atoms with Crippen molar-refractivity contribution >= 4 is 16.8 Å². The molecular weight excluding hydrogens is 362 g/mol. The van der Waals surface area contributed by atoms with Crippen molar-refractivity contribution in [2.45, 2.75) is 70.8 Å². The van der Waals surface area contributed by atoms with E-state index >= 15 is 0 Å². The summed E-state index contributed by atoms with van der Waals surface area (Å²) >= 11 is 0. The van der Waals surface area contributed by atoms with Gasteiger partial charge >= 0.3 is 0 Å². The van der Waals surface area contributed by atoms with Crippen molar-refractivity contribution in [2.75, 3.05) is 13.1 Å². The Labute approximate surface area is 172 Å². The molecule has 5 nitrogen and oxygen atoms in total. The molecule has 1 saturated carbocycles. The molecule has 0 spiro atoms. The van der Waals surface area contributed by atoms with Crippen LogP contribution in [-0.2, 0) is 13.0 Å². The van der Waals surface area contributed by atoms with Crippen LogP contribution in [-0.4, -0.2) is 33.4 Å². The summed E-state index contributed by atoms with van der Waals surface area (Å²) in [6.45, 7) is 2.51. The van der Waals surface area contributed by atoms with Crippen LogP contribution in [0.1, 0.15) is 74.0 Å². The Kier molecular flexibility index (Phi) is 5.15. The zero-order chi connectivity index (χ0) is 19.8. The largest absolute Gasteiger partial charge is 0.338 e. The highest BCUT2D eigenvalue weighted by Crippen LogP contribution is 2.36. The van der Waals surface area contributed by atoms with Gasteiger partial charge in [-0.1, -0.05) is 32.1 Å². The average molecular weight is 394 g/mol. The predicted octanol–water partition coefficient (Wildman–Crippen LogP) is 4.17. The minimum absolute atomic E-state index is 0.0499. The third kappa shape index (κ3) is 3.60. The molecule has 2 atom stereocenters. The molecule has 0 bridgehead atoms. The number of nitrogens with zero attached hydrogens (tertiary/aromatic N) is 3. The molecule has 1 aromatic carbocycles. The molecule has 1 aliphatic carbocycles. The Hall–Kier alpha value is -2.17. The number of fused-ring (bicyclic) bond motifs is 3. The van der Waals surface area contributed by atoms with Gasteiger partial charge in [-0.2, -0.15) is 0 Å². The van der Waals surface area contributed by atoms with E-state index in [1.54, 1.807) is 0 Å². The Morgan fingerprint density at radius 1 is 0.931 bits per heavy atom. The van der Waals surface area contributed by atoms with E-state index in [1.807, 2.05) is 27.7 Å². The van der Waals surface area contributed by atoms with Crippen molar-refractivity contribution in [1.29, 1.82) is 0 Å². The van der Waals surface area contributed by atoms with Crippen molar-refractivity contribution < 1.29 is 4.79 Å². The lowest BCUT2D eigenvalue weighted by Crippen LogP contribution is -2.44. The van der Waals surface area contributed by atoms with E-state index < -0.39 is 0 Å². The minimum Gasteiger partial charge on any atom is -0.338 e. The van der Waals surface area contributed by atoms with Gasteiger partial charge in [0.1, 0.15) is 5.82 Å². The second-order valence-electron chi connectivity index (χ2n) is 9.23. The van der Waals surface area contributed by atoms with Gasteiger partial charge in [-0.05, 0) is 55.7 Å². The highest BCUT2D eigenvalue weighted by atomic mass is 16.2. The summed E-state index contributed by atoms with van der Waals surface area (Å²) in [6, 6.07) is 5.50. The topological polar surface area (TPSA) is 55.2 Å². The van der Waals surface area contributed by atoms with E-state index in [1.165, 1.54) is 38.5 Å². The summed E-state index contributed by atoms with van der Waals surface area (Å²) in [4.78, 5) is 33.1. The maximum Gasteiger partial charge on any atom is 0.261 e. The highest BCUT2D eigenvalue weighted by Gasteiger charge is 2.33. The van der Waals surface area contributed by atoms with Gasteiger partial charge in [0, 0.05) is 31.6 Å². The van der Waals surface area contributed by atoms with Crippen molar-refractivity contribution in [2.24, 2.45) is 11.8 Å². The monoisotopic (exact) mass is 393 g/mol. The van der Waals surface area contributed by atoms with Gasteiger partial charge in [0.15, 0.2) is 0 Å². The maximum absolute atomic E-state index is 13.2. The van der Waals surface area contributed by atoms with Crippen LogP contribution < -0.4 is 5.56 Å². The first-order chi connectivity index (χ1) is 14.2. The Morgan fingerprint density at radius 2 is 1.76 bits per heavy atom. The summed E-state index contributed by atoms with van der Waals surface area (Å²) < 4.78 is 1.86. The number of rotatable bonds is 1. The lowest BCUT2D eigenvalue weighted by molar-refractivity contribution is 0.0521. The fourth-order valence-electron chi connectivity index (χ4n) is 5.70. The van der Waals surface area contributed by atoms with Crippen molar-refractivity contribution in [1.82, 2.24) is 14.5 Å². The molecule has 3 heterocycles. The van der Waals surface area contributed by atoms with Crippen LogP contribution in [0.25, 0.3) is 10.9 Å². The fourth-order valence-corrected chi connectivity index (χ4v) is 5.70. The van der Waals surface area contributed by atoms with Gasteiger partial charge in [0.05, 0.1) is 10.9 Å². The fraction of sp³-hybridized carbons (Fsp3) is 0.625. The Bertz CT molecular complexity index is 980. The van der Waals surface area contributed by atoms with Gasteiger partial charge < -0.3 is 4.90 Å². The predicted molar refractivity (Wildman–Crippen MR) is 114 cm³/mol. The van der Waals surface area contributed by atoms with Crippen LogP contribution in [0, 0.1) is 11.8 Å². The first-order valence-corrected chi connectivity index (χ1v) is 11.5. The number of likely N-dealkylation sites (tertiary alicyclic amines) is 1. The molecule has 0 N–H and O–H groups in total. The summed E-state index contributed by atoms with van der Waals surface area (Å²) in [5.41, 5.74) is 1.41. The van der Waals surface area contributed by atoms with Gasteiger partial charge in [-0.3, -0.25) is 14.2 Å². The smallest absolute Gasteiger partial charge is 0.261 e.